The number of hydrogen-bond donors (Lipinski definition) is 3. The van der Waals surface area contributed by atoms with Gasteiger partial charge in [0, 0.05) is 18.9 Å². The fourth-order valence-electron chi connectivity index (χ4n) is 5.10. The summed E-state index contributed by atoms with van der Waals surface area (Å²) in [5.74, 6) is 1.14. The van der Waals surface area contributed by atoms with Gasteiger partial charge in [-0.05, 0) is 67.8 Å². The van der Waals surface area contributed by atoms with E-state index in [1.165, 1.54) is 25.7 Å². The maximum absolute atomic E-state index is 13.2. The zero-order chi connectivity index (χ0) is 27.0. The molecule has 0 radical (unpaired) electrons. The van der Waals surface area contributed by atoms with Gasteiger partial charge in [0.15, 0.2) is 0 Å². The zero-order valence-corrected chi connectivity index (χ0v) is 23.1. The van der Waals surface area contributed by atoms with Gasteiger partial charge in [0.1, 0.15) is 18.4 Å². The highest BCUT2D eigenvalue weighted by Crippen LogP contribution is 2.28. The average Bonchev–Trinajstić information content (AvgIpc) is 2.96. The molecule has 1 aliphatic carbocycles. The number of rotatable bonds is 16. The fourth-order valence-corrected chi connectivity index (χ4v) is 5.10. The van der Waals surface area contributed by atoms with Crippen molar-refractivity contribution in [3.05, 3.63) is 65.7 Å². The Hall–Kier alpha value is -2.86. The number of nitrogens with one attached hydrogen (secondary N) is 2. The predicted molar refractivity (Wildman–Crippen MR) is 154 cm³/mol. The molecule has 0 unspecified atom stereocenters. The molecule has 0 spiro atoms. The third kappa shape index (κ3) is 10.5. The third-order valence-electron chi connectivity index (χ3n) is 7.62. The number of benzene rings is 2. The Kier molecular flexibility index (Phi) is 13.2. The lowest BCUT2D eigenvalue weighted by Crippen LogP contribution is -2.50. The van der Waals surface area contributed by atoms with Crippen LogP contribution in [-0.2, 0) is 22.6 Å². The van der Waals surface area contributed by atoms with Gasteiger partial charge < -0.3 is 21.1 Å². The molecule has 2 aromatic rings. The van der Waals surface area contributed by atoms with E-state index in [2.05, 4.69) is 17.6 Å². The van der Waals surface area contributed by atoms with Crippen LogP contribution in [0.3, 0.4) is 0 Å². The quantitative estimate of drug-likeness (QED) is 0.253. The van der Waals surface area contributed by atoms with Gasteiger partial charge in [0.05, 0.1) is 0 Å². The molecule has 1 aliphatic rings. The van der Waals surface area contributed by atoms with E-state index in [4.69, 9.17) is 10.5 Å². The Labute approximate surface area is 229 Å². The van der Waals surface area contributed by atoms with Crippen LogP contribution < -0.4 is 21.1 Å². The Morgan fingerprint density at radius 1 is 0.895 bits per heavy atom. The first-order chi connectivity index (χ1) is 18.6. The van der Waals surface area contributed by atoms with Crippen LogP contribution in [0.5, 0.6) is 5.75 Å². The second kappa shape index (κ2) is 16.9. The van der Waals surface area contributed by atoms with E-state index in [1.54, 1.807) is 0 Å². The van der Waals surface area contributed by atoms with Crippen LogP contribution in [0.1, 0.15) is 82.3 Å². The minimum absolute atomic E-state index is 0.0111. The summed E-state index contributed by atoms with van der Waals surface area (Å²) in [5.41, 5.74) is 7.92. The Bertz CT molecular complexity index is 940. The van der Waals surface area contributed by atoms with Gasteiger partial charge >= 0.3 is 0 Å². The number of ether oxygens (including phenoxy) is 1. The van der Waals surface area contributed by atoms with Crippen molar-refractivity contribution in [1.82, 2.24) is 10.6 Å². The van der Waals surface area contributed by atoms with E-state index in [0.29, 0.717) is 32.0 Å². The summed E-state index contributed by atoms with van der Waals surface area (Å²) in [7, 11) is 0. The summed E-state index contributed by atoms with van der Waals surface area (Å²) in [6.45, 7) is 4.05. The van der Waals surface area contributed by atoms with Crippen LogP contribution in [0.2, 0.25) is 0 Å². The first kappa shape index (κ1) is 29.7. The predicted octanol–water partition coefficient (Wildman–Crippen LogP) is 5.53. The van der Waals surface area contributed by atoms with Gasteiger partial charge in [-0.1, -0.05) is 81.5 Å². The molecule has 0 aromatic heterocycles. The number of nitrogens with two attached hydrogens (primary N) is 1. The van der Waals surface area contributed by atoms with Crippen molar-refractivity contribution in [3.63, 3.8) is 0 Å². The molecule has 2 aromatic carbocycles. The lowest BCUT2D eigenvalue weighted by atomic mass is 9.81. The molecule has 1 saturated carbocycles. The molecular weight excluding hydrogens is 474 g/mol. The van der Waals surface area contributed by atoms with Gasteiger partial charge in [-0.25, -0.2) is 0 Å². The highest BCUT2D eigenvalue weighted by atomic mass is 16.5. The molecule has 4 N–H and O–H groups in total. The molecule has 1 atom stereocenters. The molecule has 0 saturated heterocycles. The zero-order valence-electron chi connectivity index (χ0n) is 23.1. The molecule has 6 heteroatoms. The van der Waals surface area contributed by atoms with Crippen LogP contribution in [0.4, 0.5) is 0 Å². The number of unbranched alkanes of at least 4 members (excludes halogenated alkanes) is 5. The fraction of sp³-hybridized carbons (Fsp3) is 0.562. The van der Waals surface area contributed by atoms with Crippen molar-refractivity contribution in [3.8, 4) is 5.75 Å². The first-order valence-electron chi connectivity index (χ1n) is 14.6. The van der Waals surface area contributed by atoms with Gasteiger partial charge in [0.2, 0.25) is 11.8 Å². The second-order valence-electron chi connectivity index (χ2n) is 10.7. The minimum Gasteiger partial charge on any atom is -0.489 e. The van der Waals surface area contributed by atoms with E-state index in [9.17, 15) is 9.59 Å². The minimum atomic E-state index is -0.592. The van der Waals surface area contributed by atoms with Gasteiger partial charge in [-0.15, -0.1) is 0 Å². The molecule has 1 fully saturated rings. The maximum atomic E-state index is 13.2. The van der Waals surface area contributed by atoms with E-state index in [-0.39, 0.29) is 17.7 Å². The lowest BCUT2D eigenvalue weighted by Gasteiger charge is -2.28. The van der Waals surface area contributed by atoms with Crippen LogP contribution in [0, 0.1) is 11.8 Å². The van der Waals surface area contributed by atoms with Crippen molar-refractivity contribution >= 4 is 11.8 Å². The first-order valence-corrected chi connectivity index (χ1v) is 14.6. The summed E-state index contributed by atoms with van der Waals surface area (Å²) in [6.07, 6.45) is 11.1. The van der Waals surface area contributed by atoms with Crippen molar-refractivity contribution in [1.29, 1.82) is 0 Å². The number of carbonyl (C=O) groups excluding carboxylic acids is 2. The highest BCUT2D eigenvalue weighted by molar-refractivity contribution is 5.88. The molecule has 38 heavy (non-hydrogen) atoms. The molecule has 3 rings (SSSR count). The van der Waals surface area contributed by atoms with Gasteiger partial charge in [-0.3, -0.25) is 9.59 Å². The van der Waals surface area contributed by atoms with Crippen LogP contribution >= 0.6 is 0 Å². The number of amides is 2. The van der Waals surface area contributed by atoms with Crippen molar-refractivity contribution in [2.75, 3.05) is 13.1 Å². The number of hydrogen-bond acceptors (Lipinski definition) is 4. The van der Waals surface area contributed by atoms with Crippen molar-refractivity contribution in [2.24, 2.45) is 17.6 Å². The highest BCUT2D eigenvalue weighted by Gasteiger charge is 2.29. The van der Waals surface area contributed by atoms with E-state index >= 15 is 0 Å². The summed E-state index contributed by atoms with van der Waals surface area (Å²) in [5, 5.41) is 6.16. The Morgan fingerprint density at radius 3 is 2.26 bits per heavy atom. The summed E-state index contributed by atoms with van der Waals surface area (Å²) in [6, 6.07) is 17.3. The van der Waals surface area contributed by atoms with Gasteiger partial charge in [-0.2, -0.15) is 0 Å². The third-order valence-corrected chi connectivity index (χ3v) is 7.62. The van der Waals surface area contributed by atoms with Crippen molar-refractivity contribution in [2.45, 2.75) is 90.2 Å². The summed E-state index contributed by atoms with van der Waals surface area (Å²) in [4.78, 5) is 26.3. The van der Waals surface area contributed by atoms with Crippen LogP contribution in [0.15, 0.2) is 54.6 Å². The largest absolute Gasteiger partial charge is 0.489 e. The molecule has 208 valence electrons. The monoisotopic (exact) mass is 521 g/mol. The molecule has 0 aliphatic heterocycles. The SMILES string of the molecule is CCCCCCCCNC(=O)[C@H](Cc1ccc(OCc2ccccc2)cc1)NC(=O)C1CCC(CN)CC1. The van der Waals surface area contributed by atoms with E-state index < -0.39 is 6.04 Å². The smallest absolute Gasteiger partial charge is 0.242 e. The molecule has 2 amide bonds. The second-order valence-corrected chi connectivity index (χ2v) is 10.7. The summed E-state index contributed by atoms with van der Waals surface area (Å²) < 4.78 is 5.90. The normalized spacial score (nSPS) is 17.9. The van der Waals surface area contributed by atoms with Crippen molar-refractivity contribution < 1.29 is 14.3 Å². The van der Waals surface area contributed by atoms with E-state index in [1.807, 2.05) is 54.6 Å². The van der Waals surface area contributed by atoms with Crippen LogP contribution in [0.25, 0.3) is 0 Å². The van der Waals surface area contributed by atoms with E-state index in [0.717, 1.165) is 55.4 Å². The lowest BCUT2D eigenvalue weighted by molar-refractivity contribution is -0.131. The average molecular weight is 522 g/mol. The molecule has 6 nitrogen and oxygen atoms in total. The molecule has 0 heterocycles. The van der Waals surface area contributed by atoms with Crippen LogP contribution in [-0.4, -0.2) is 30.9 Å². The maximum Gasteiger partial charge on any atom is 0.242 e. The number of carbonyl (C=O) groups is 2. The topological polar surface area (TPSA) is 93.5 Å². The van der Waals surface area contributed by atoms with Gasteiger partial charge in [0.25, 0.3) is 0 Å². The Morgan fingerprint density at radius 2 is 1.58 bits per heavy atom. The Balaban J connectivity index is 1.55. The summed E-state index contributed by atoms with van der Waals surface area (Å²) >= 11 is 0. The molecular formula is C32H47N3O3. The standard InChI is InChI=1S/C32H47N3O3/c1-2-3-4-5-6-10-21-34-32(37)30(35-31(36)28-17-13-26(23-33)14-18-28)22-25-15-19-29(20-16-25)38-24-27-11-8-7-9-12-27/h7-9,11-12,15-16,19-20,26,28,30H,2-6,10,13-14,17-18,21-24,33H2,1H3,(H,34,37)(H,35,36)/t26?,28?,30-/m0/s1. The molecule has 0 bridgehead atoms.